The lowest BCUT2D eigenvalue weighted by molar-refractivity contribution is -0.133. The number of nitrogens with two attached hydrogens (primary N) is 1. The van der Waals surface area contributed by atoms with Crippen LogP contribution in [0.3, 0.4) is 0 Å². The minimum absolute atomic E-state index is 0.175. The molecule has 0 spiro atoms. The van der Waals surface area contributed by atoms with E-state index >= 15 is 0 Å². The average molecular weight is 573 g/mol. The third kappa shape index (κ3) is 6.27. The first kappa shape index (κ1) is 28.7. The van der Waals surface area contributed by atoms with Crippen LogP contribution in [0.2, 0.25) is 0 Å². The van der Waals surface area contributed by atoms with Crippen molar-refractivity contribution in [1.29, 1.82) is 0 Å². The topological polar surface area (TPSA) is 100 Å². The summed E-state index contributed by atoms with van der Waals surface area (Å²) in [6.07, 6.45) is 3.19. The molecule has 2 unspecified atom stereocenters. The molecule has 8 heteroatoms. The SMILES string of the molecule is CCC1(COc2ccc(CC3SC(N)=NC3=O)cc2)CCc2c(C)c(OC(=O)Cc3ccccc3)c(C)c(C)c2O1. The Bertz CT molecular complexity index is 1490. The molecule has 3 aromatic carbocycles. The molecule has 5 rings (SSSR count). The number of nitrogens with zero attached hydrogens (tertiary/aromatic N) is 1. The van der Waals surface area contributed by atoms with Crippen molar-refractivity contribution in [3.63, 3.8) is 0 Å². The number of amidine groups is 1. The predicted molar refractivity (Wildman–Crippen MR) is 162 cm³/mol. The van der Waals surface area contributed by atoms with Crippen LogP contribution in [-0.4, -0.2) is 34.5 Å². The maximum atomic E-state index is 12.8. The van der Waals surface area contributed by atoms with Gasteiger partial charge in [-0.25, -0.2) is 0 Å². The van der Waals surface area contributed by atoms with Crippen LogP contribution in [0.4, 0.5) is 0 Å². The first-order valence-corrected chi connectivity index (χ1v) is 14.9. The molecule has 0 bridgehead atoms. The number of ether oxygens (including phenoxy) is 3. The van der Waals surface area contributed by atoms with Gasteiger partial charge in [0.25, 0.3) is 5.91 Å². The van der Waals surface area contributed by atoms with Crippen LogP contribution in [0.25, 0.3) is 0 Å². The highest BCUT2D eigenvalue weighted by Crippen LogP contribution is 2.45. The molecule has 0 saturated carbocycles. The largest absolute Gasteiger partial charge is 0.489 e. The lowest BCUT2D eigenvalue weighted by atomic mass is 9.85. The summed E-state index contributed by atoms with van der Waals surface area (Å²) in [5.41, 5.74) is 11.1. The summed E-state index contributed by atoms with van der Waals surface area (Å²) < 4.78 is 18.9. The zero-order valence-corrected chi connectivity index (χ0v) is 24.8. The lowest BCUT2D eigenvalue weighted by Crippen LogP contribution is -2.45. The van der Waals surface area contributed by atoms with Gasteiger partial charge in [-0.2, -0.15) is 4.99 Å². The minimum Gasteiger partial charge on any atom is -0.489 e. The number of esters is 1. The standard InChI is InChI=1S/C33H36N2O5S/c1-5-33(19-38-25-13-11-24(12-14-25)17-27-31(37)35-32(34)41-27)16-15-26-22(4)29(20(2)21(3)30(26)40-33)39-28(36)18-23-9-7-6-8-10-23/h6-14,27H,5,15-19H2,1-4H3,(H2,34,35,37). The molecule has 1 amide bonds. The molecule has 3 aromatic rings. The van der Waals surface area contributed by atoms with Crippen molar-refractivity contribution in [3.05, 3.63) is 88.0 Å². The summed E-state index contributed by atoms with van der Waals surface area (Å²) in [6, 6.07) is 17.4. The van der Waals surface area contributed by atoms with E-state index in [0.29, 0.717) is 23.9 Å². The quantitative estimate of drug-likeness (QED) is 0.255. The fourth-order valence-electron chi connectivity index (χ4n) is 5.42. The van der Waals surface area contributed by atoms with Gasteiger partial charge >= 0.3 is 5.97 Å². The van der Waals surface area contributed by atoms with Crippen LogP contribution >= 0.6 is 11.8 Å². The predicted octanol–water partition coefficient (Wildman–Crippen LogP) is 5.81. The van der Waals surface area contributed by atoms with E-state index in [-0.39, 0.29) is 23.5 Å². The van der Waals surface area contributed by atoms with Crippen LogP contribution in [0.15, 0.2) is 59.6 Å². The van der Waals surface area contributed by atoms with Gasteiger partial charge in [0, 0.05) is 5.56 Å². The first-order valence-electron chi connectivity index (χ1n) is 14.0. The van der Waals surface area contributed by atoms with Gasteiger partial charge in [-0.3, -0.25) is 9.59 Å². The molecule has 0 fully saturated rings. The van der Waals surface area contributed by atoms with Gasteiger partial charge in [0.1, 0.15) is 29.5 Å². The summed E-state index contributed by atoms with van der Waals surface area (Å²) in [7, 11) is 0. The summed E-state index contributed by atoms with van der Waals surface area (Å²) in [5, 5.41) is 0.0729. The average Bonchev–Trinajstić information content (AvgIpc) is 3.30. The molecule has 0 radical (unpaired) electrons. The molecule has 41 heavy (non-hydrogen) atoms. The number of rotatable bonds is 9. The third-order valence-electron chi connectivity index (χ3n) is 8.12. The highest BCUT2D eigenvalue weighted by molar-refractivity contribution is 8.15. The molecule has 0 saturated heterocycles. The number of amides is 1. The van der Waals surface area contributed by atoms with Crippen LogP contribution in [0, 0.1) is 20.8 Å². The van der Waals surface area contributed by atoms with E-state index in [2.05, 4.69) is 11.9 Å². The molecule has 0 aliphatic carbocycles. The summed E-state index contributed by atoms with van der Waals surface area (Å²) in [5.74, 6) is 1.81. The van der Waals surface area contributed by atoms with Gasteiger partial charge in [-0.1, -0.05) is 61.2 Å². The van der Waals surface area contributed by atoms with Gasteiger partial charge in [-0.05, 0) is 86.4 Å². The molecule has 2 heterocycles. The number of benzene rings is 3. The van der Waals surface area contributed by atoms with E-state index in [1.54, 1.807) is 0 Å². The zero-order chi connectivity index (χ0) is 29.1. The Morgan fingerprint density at radius 2 is 1.78 bits per heavy atom. The highest BCUT2D eigenvalue weighted by atomic mass is 32.2. The van der Waals surface area contributed by atoms with E-state index in [0.717, 1.165) is 64.1 Å². The summed E-state index contributed by atoms with van der Waals surface area (Å²) >= 11 is 1.31. The Balaban J connectivity index is 1.26. The van der Waals surface area contributed by atoms with E-state index < -0.39 is 5.60 Å². The molecule has 214 valence electrons. The van der Waals surface area contributed by atoms with Crippen LogP contribution in [0.5, 0.6) is 17.2 Å². The Morgan fingerprint density at radius 3 is 2.44 bits per heavy atom. The summed E-state index contributed by atoms with van der Waals surface area (Å²) in [4.78, 5) is 28.5. The van der Waals surface area contributed by atoms with Crippen molar-refractivity contribution in [1.82, 2.24) is 0 Å². The maximum Gasteiger partial charge on any atom is 0.315 e. The second-order valence-corrected chi connectivity index (χ2v) is 12.0. The lowest BCUT2D eigenvalue weighted by Gasteiger charge is -2.39. The monoisotopic (exact) mass is 572 g/mol. The number of fused-ring (bicyclic) bond motifs is 1. The van der Waals surface area contributed by atoms with Crippen LogP contribution in [-0.2, 0) is 28.9 Å². The van der Waals surface area contributed by atoms with Gasteiger partial charge in [0.2, 0.25) is 0 Å². The number of aliphatic imine (C=N–C) groups is 1. The van der Waals surface area contributed by atoms with Gasteiger partial charge in [-0.15, -0.1) is 0 Å². The van der Waals surface area contributed by atoms with E-state index in [1.165, 1.54) is 11.8 Å². The van der Waals surface area contributed by atoms with Crippen molar-refractivity contribution in [2.45, 2.75) is 70.7 Å². The minimum atomic E-state index is -0.470. The van der Waals surface area contributed by atoms with Crippen molar-refractivity contribution >= 4 is 28.8 Å². The number of hydrogen-bond acceptors (Lipinski definition) is 7. The van der Waals surface area contributed by atoms with E-state index in [1.807, 2.05) is 75.4 Å². The fourth-order valence-corrected chi connectivity index (χ4v) is 6.28. The molecule has 2 aliphatic rings. The molecule has 0 aromatic heterocycles. The number of hydrogen-bond donors (Lipinski definition) is 1. The van der Waals surface area contributed by atoms with E-state index in [4.69, 9.17) is 19.9 Å². The second kappa shape index (κ2) is 12.0. The first-order chi connectivity index (χ1) is 19.7. The fraction of sp³-hybridized carbons (Fsp3) is 0.364. The second-order valence-electron chi connectivity index (χ2n) is 10.8. The van der Waals surface area contributed by atoms with Gasteiger partial charge in [0.15, 0.2) is 5.17 Å². The molecular formula is C33H36N2O5S. The third-order valence-corrected chi connectivity index (χ3v) is 9.10. The maximum absolute atomic E-state index is 12.8. The Hall–Kier alpha value is -3.78. The Labute approximate surface area is 245 Å². The van der Waals surface area contributed by atoms with Crippen molar-refractivity contribution in [2.75, 3.05) is 6.61 Å². The smallest absolute Gasteiger partial charge is 0.315 e. The van der Waals surface area contributed by atoms with Crippen molar-refractivity contribution in [2.24, 2.45) is 10.7 Å². The molecule has 7 nitrogen and oxygen atoms in total. The molecule has 2 aliphatic heterocycles. The van der Waals surface area contributed by atoms with Gasteiger partial charge in [0.05, 0.1) is 11.7 Å². The van der Waals surface area contributed by atoms with Crippen LogP contribution < -0.4 is 19.9 Å². The molecular weight excluding hydrogens is 536 g/mol. The number of carbonyl (C=O) groups excluding carboxylic acids is 2. The Kier molecular flexibility index (Phi) is 8.40. The number of carbonyl (C=O) groups is 2. The van der Waals surface area contributed by atoms with Crippen molar-refractivity contribution in [3.8, 4) is 17.2 Å². The summed E-state index contributed by atoms with van der Waals surface area (Å²) in [6.45, 7) is 8.55. The zero-order valence-electron chi connectivity index (χ0n) is 24.0. The number of thioether (sulfide) groups is 1. The van der Waals surface area contributed by atoms with Crippen molar-refractivity contribution < 1.29 is 23.8 Å². The Morgan fingerprint density at radius 1 is 1.05 bits per heavy atom. The molecule has 2 N–H and O–H groups in total. The van der Waals surface area contributed by atoms with E-state index in [9.17, 15) is 9.59 Å². The molecule has 2 atom stereocenters. The normalized spacial score (nSPS) is 19.8. The van der Waals surface area contributed by atoms with Gasteiger partial charge < -0.3 is 19.9 Å². The highest BCUT2D eigenvalue weighted by Gasteiger charge is 2.38. The van der Waals surface area contributed by atoms with Crippen LogP contribution in [0.1, 0.15) is 53.1 Å².